The van der Waals surface area contributed by atoms with Crippen LogP contribution in [0.15, 0.2) is 15.4 Å². The molecular weight excluding hydrogens is 280 g/mol. The fourth-order valence-corrected chi connectivity index (χ4v) is 3.48. The molecule has 1 unspecified atom stereocenters. The molecule has 7 heteroatoms. The monoisotopic (exact) mass is 302 g/mol. The van der Waals surface area contributed by atoms with E-state index in [4.69, 9.17) is 9.15 Å². The van der Waals surface area contributed by atoms with Gasteiger partial charge < -0.3 is 14.5 Å². The molecular formula is C13H22N2O4S. The van der Waals surface area contributed by atoms with Crippen molar-refractivity contribution in [3.63, 3.8) is 0 Å². The fourth-order valence-electron chi connectivity index (χ4n) is 2.21. The van der Waals surface area contributed by atoms with Crippen molar-refractivity contribution < 1.29 is 17.6 Å². The molecule has 1 fully saturated rings. The molecule has 0 amide bonds. The summed E-state index contributed by atoms with van der Waals surface area (Å²) in [5.74, 6) is 1.04. The van der Waals surface area contributed by atoms with Crippen molar-refractivity contribution in [2.45, 2.75) is 44.2 Å². The second-order valence-electron chi connectivity index (χ2n) is 4.90. The Labute approximate surface area is 119 Å². The van der Waals surface area contributed by atoms with Gasteiger partial charge in [-0.2, -0.15) is 0 Å². The molecule has 0 aliphatic carbocycles. The summed E-state index contributed by atoms with van der Waals surface area (Å²) < 4.78 is 38.0. The number of aryl methyl sites for hydroxylation is 1. The molecule has 1 aromatic heterocycles. The normalized spacial score (nSPS) is 19.6. The summed E-state index contributed by atoms with van der Waals surface area (Å²) >= 11 is 0. The number of hydrogen-bond acceptors (Lipinski definition) is 5. The van der Waals surface area contributed by atoms with Crippen molar-refractivity contribution in [3.05, 3.63) is 17.6 Å². The molecule has 0 radical (unpaired) electrons. The standard InChI is InChI=1S/C13H22N2O4S/c1-3-14-8-12-7-13(10(2)19-12)20(16,17)15-9-11-5-4-6-18-11/h7,11,14-15H,3-6,8-9H2,1-2H3. The first kappa shape index (κ1) is 15.5. The highest BCUT2D eigenvalue weighted by molar-refractivity contribution is 7.89. The zero-order valence-corrected chi connectivity index (χ0v) is 12.8. The van der Waals surface area contributed by atoms with Gasteiger partial charge in [-0.05, 0) is 26.3 Å². The number of sulfonamides is 1. The predicted molar refractivity (Wildman–Crippen MR) is 75.0 cm³/mol. The first-order valence-electron chi connectivity index (χ1n) is 6.94. The van der Waals surface area contributed by atoms with E-state index in [9.17, 15) is 8.42 Å². The Balaban J connectivity index is 2.02. The minimum atomic E-state index is -3.53. The maximum absolute atomic E-state index is 12.2. The van der Waals surface area contributed by atoms with Crippen LogP contribution in [0.3, 0.4) is 0 Å². The highest BCUT2D eigenvalue weighted by atomic mass is 32.2. The zero-order valence-electron chi connectivity index (χ0n) is 11.9. The smallest absolute Gasteiger partial charge is 0.244 e. The van der Waals surface area contributed by atoms with E-state index in [1.54, 1.807) is 13.0 Å². The van der Waals surface area contributed by atoms with E-state index >= 15 is 0 Å². The number of rotatable bonds is 7. The van der Waals surface area contributed by atoms with Crippen LogP contribution < -0.4 is 10.0 Å². The van der Waals surface area contributed by atoms with Gasteiger partial charge in [0.25, 0.3) is 0 Å². The summed E-state index contributed by atoms with van der Waals surface area (Å²) in [5.41, 5.74) is 0. The lowest BCUT2D eigenvalue weighted by Gasteiger charge is -2.10. The summed E-state index contributed by atoms with van der Waals surface area (Å²) in [6, 6.07) is 1.58. The lowest BCUT2D eigenvalue weighted by atomic mass is 10.2. The van der Waals surface area contributed by atoms with Crippen molar-refractivity contribution in [1.82, 2.24) is 10.0 Å². The Morgan fingerprint density at radius 1 is 1.45 bits per heavy atom. The van der Waals surface area contributed by atoms with Gasteiger partial charge in [-0.3, -0.25) is 0 Å². The summed E-state index contributed by atoms with van der Waals surface area (Å²) in [6.45, 7) is 6.00. The first-order chi connectivity index (χ1) is 9.53. The molecule has 2 rings (SSSR count). The molecule has 0 saturated carbocycles. The molecule has 0 spiro atoms. The molecule has 20 heavy (non-hydrogen) atoms. The lowest BCUT2D eigenvalue weighted by molar-refractivity contribution is 0.114. The van der Waals surface area contributed by atoms with E-state index in [0.29, 0.717) is 31.2 Å². The van der Waals surface area contributed by atoms with Crippen LogP contribution in [0.1, 0.15) is 31.3 Å². The molecule has 6 nitrogen and oxygen atoms in total. The largest absolute Gasteiger partial charge is 0.464 e. The van der Waals surface area contributed by atoms with Crippen LogP contribution in [0.4, 0.5) is 0 Å². The Kier molecular flexibility index (Phi) is 5.20. The van der Waals surface area contributed by atoms with Gasteiger partial charge >= 0.3 is 0 Å². The molecule has 2 heterocycles. The van der Waals surface area contributed by atoms with Crippen LogP contribution in [0.5, 0.6) is 0 Å². The van der Waals surface area contributed by atoms with Crippen LogP contribution in [0, 0.1) is 6.92 Å². The molecule has 1 aliphatic rings. The first-order valence-corrected chi connectivity index (χ1v) is 8.42. The maximum atomic E-state index is 12.2. The average molecular weight is 302 g/mol. The van der Waals surface area contributed by atoms with E-state index in [1.165, 1.54) is 0 Å². The van der Waals surface area contributed by atoms with Gasteiger partial charge in [0.05, 0.1) is 12.6 Å². The zero-order chi connectivity index (χ0) is 14.6. The third kappa shape index (κ3) is 3.82. The number of hydrogen-bond donors (Lipinski definition) is 2. The highest BCUT2D eigenvalue weighted by Gasteiger charge is 2.24. The van der Waals surface area contributed by atoms with Gasteiger partial charge in [-0.15, -0.1) is 0 Å². The summed E-state index contributed by atoms with van der Waals surface area (Å²) in [7, 11) is -3.53. The van der Waals surface area contributed by atoms with E-state index < -0.39 is 10.0 Å². The topological polar surface area (TPSA) is 80.6 Å². The Hall–Kier alpha value is -0.890. The van der Waals surface area contributed by atoms with Crippen molar-refractivity contribution in [3.8, 4) is 0 Å². The molecule has 0 bridgehead atoms. The van der Waals surface area contributed by atoms with E-state index in [2.05, 4.69) is 10.0 Å². The van der Waals surface area contributed by atoms with Crippen LogP contribution in [-0.4, -0.2) is 34.2 Å². The van der Waals surface area contributed by atoms with E-state index in [-0.39, 0.29) is 11.0 Å². The van der Waals surface area contributed by atoms with Crippen LogP contribution in [0.2, 0.25) is 0 Å². The van der Waals surface area contributed by atoms with Gasteiger partial charge in [0.2, 0.25) is 10.0 Å². The molecule has 2 N–H and O–H groups in total. The van der Waals surface area contributed by atoms with Gasteiger partial charge in [0.15, 0.2) is 0 Å². The quantitative estimate of drug-likeness (QED) is 0.790. The average Bonchev–Trinajstić information content (AvgIpc) is 3.03. The minimum Gasteiger partial charge on any atom is -0.464 e. The van der Waals surface area contributed by atoms with E-state index in [1.807, 2.05) is 6.92 Å². The lowest BCUT2D eigenvalue weighted by Crippen LogP contribution is -2.31. The van der Waals surface area contributed by atoms with Crippen molar-refractivity contribution in [2.24, 2.45) is 0 Å². The van der Waals surface area contributed by atoms with Gasteiger partial charge in [0, 0.05) is 19.2 Å². The second kappa shape index (κ2) is 6.71. The van der Waals surface area contributed by atoms with Crippen molar-refractivity contribution in [1.29, 1.82) is 0 Å². The molecule has 1 saturated heterocycles. The second-order valence-corrected chi connectivity index (χ2v) is 6.64. The van der Waals surface area contributed by atoms with Crippen LogP contribution in [0.25, 0.3) is 0 Å². The SMILES string of the molecule is CCNCc1cc(S(=O)(=O)NCC2CCCO2)c(C)o1. The van der Waals surface area contributed by atoms with Gasteiger partial charge in [0.1, 0.15) is 16.4 Å². The highest BCUT2D eigenvalue weighted by Crippen LogP contribution is 2.20. The predicted octanol–water partition coefficient (Wildman–Crippen LogP) is 1.15. The van der Waals surface area contributed by atoms with E-state index in [0.717, 1.165) is 19.4 Å². The van der Waals surface area contributed by atoms with Gasteiger partial charge in [-0.25, -0.2) is 13.1 Å². The number of ether oxygens (including phenoxy) is 1. The third-order valence-electron chi connectivity index (χ3n) is 3.29. The minimum absolute atomic E-state index is 0.0155. The summed E-state index contributed by atoms with van der Waals surface area (Å²) in [4.78, 5) is 0.211. The number of nitrogens with one attached hydrogen (secondary N) is 2. The third-order valence-corrected chi connectivity index (χ3v) is 4.82. The molecule has 114 valence electrons. The molecule has 0 aromatic carbocycles. The molecule has 1 aromatic rings. The van der Waals surface area contributed by atoms with Crippen molar-refractivity contribution >= 4 is 10.0 Å². The van der Waals surface area contributed by atoms with Gasteiger partial charge in [-0.1, -0.05) is 6.92 Å². The Morgan fingerprint density at radius 2 is 2.25 bits per heavy atom. The summed E-state index contributed by atoms with van der Waals surface area (Å²) in [5, 5.41) is 3.10. The van der Waals surface area contributed by atoms with Crippen LogP contribution in [-0.2, 0) is 21.3 Å². The Bertz CT molecular complexity index is 533. The maximum Gasteiger partial charge on any atom is 0.244 e. The molecule has 1 aliphatic heterocycles. The fraction of sp³-hybridized carbons (Fsp3) is 0.692. The molecule has 1 atom stereocenters. The number of furan rings is 1. The summed E-state index contributed by atoms with van der Waals surface area (Å²) in [6.07, 6.45) is 1.88. The van der Waals surface area contributed by atoms with Crippen LogP contribution >= 0.6 is 0 Å². The Morgan fingerprint density at radius 3 is 2.90 bits per heavy atom. The van der Waals surface area contributed by atoms with Crippen molar-refractivity contribution in [2.75, 3.05) is 19.7 Å².